The summed E-state index contributed by atoms with van der Waals surface area (Å²) in [7, 11) is 0. The van der Waals surface area contributed by atoms with Gasteiger partial charge in [-0.2, -0.15) is 9.61 Å². The van der Waals surface area contributed by atoms with E-state index in [1.807, 2.05) is 42.7 Å². The van der Waals surface area contributed by atoms with Gasteiger partial charge in [-0.3, -0.25) is 9.59 Å². The van der Waals surface area contributed by atoms with Gasteiger partial charge < -0.3 is 15.2 Å². The summed E-state index contributed by atoms with van der Waals surface area (Å²) >= 11 is 0. The molecule has 0 radical (unpaired) electrons. The zero-order chi connectivity index (χ0) is 18.3. The highest BCUT2D eigenvalue weighted by Crippen LogP contribution is 2.20. The summed E-state index contributed by atoms with van der Waals surface area (Å²) in [6, 6.07) is 7.61. The second-order valence-electron chi connectivity index (χ2n) is 6.46. The van der Waals surface area contributed by atoms with Crippen molar-refractivity contribution in [1.29, 1.82) is 0 Å². The maximum atomic E-state index is 12.9. The van der Waals surface area contributed by atoms with E-state index in [0.717, 1.165) is 35.5 Å². The highest BCUT2D eigenvalue weighted by molar-refractivity contribution is 6.08. The molecule has 1 aliphatic heterocycles. The Morgan fingerprint density at radius 1 is 1.35 bits per heavy atom. The van der Waals surface area contributed by atoms with Crippen LogP contribution in [0.5, 0.6) is 0 Å². The first kappa shape index (κ1) is 16.5. The molecule has 0 saturated carbocycles. The van der Waals surface area contributed by atoms with Gasteiger partial charge in [0.05, 0.1) is 11.8 Å². The van der Waals surface area contributed by atoms with Gasteiger partial charge in [-0.15, -0.1) is 0 Å². The van der Waals surface area contributed by atoms with E-state index >= 15 is 0 Å². The van der Waals surface area contributed by atoms with Crippen LogP contribution < -0.4 is 16.2 Å². The van der Waals surface area contributed by atoms with E-state index in [4.69, 9.17) is 0 Å². The molecule has 0 unspecified atom stereocenters. The number of anilines is 1. The van der Waals surface area contributed by atoms with Crippen LogP contribution >= 0.6 is 0 Å². The number of rotatable bonds is 3. The Labute approximate surface area is 150 Å². The molecule has 1 aliphatic rings. The van der Waals surface area contributed by atoms with Crippen LogP contribution in [0.1, 0.15) is 34.1 Å². The van der Waals surface area contributed by atoms with Crippen LogP contribution in [0.2, 0.25) is 0 Å². The molecule has 0 aliphatic carbocycles. The van der Waals surface area contributed by atoms with Crippen LogP contribution in [-0.2, 0) is 19.5 Å². The van der Waals surface area contributed by atoms with E-state index in [2.05, 4.69) is 15.7 Å². The summed E-state index contributed by atoms with van der Waals surface area (Å²) in [6.45, 7) is 5.98. The van der Waals surface area contributed by atoms with Gasteiger partial charge in [-0.05, 0) is 25.5 Å². The largest absolute Gasteiger partial charge is 0.329 e. The summed E-state index contributed by atoms with van der Waals surface area (Å²) in [6.07, 6.45) is 2.24. The van der Waals surface area contributed by atoms with Gasteiger partial charge in [0.25, 0.3) is 11.5 Å². The number of nitrogens with zero attached hydrogens (tertiary/aromatic N) is 3. The molecule has 1 aromatic carbocycles. The highest BCUT2D eigenvalue weighted by Gasteiger charge is 2.24. The smallest absolute Gasteiger partial charge is 0.279 e. The van der Waals surface area contributed by atoms with Crippen molar-refractivity contribution < 1.29 is 4.79 Å². The van der Waals surface area contributed by atoms with Gasteiger partial charge in [0.15, 0.2) is 5.65 Å². The molecule has 2 aromatic heterocycles. The average Bonchev–Trinajstić information content (AvgIpc) is 3.09. The van der Waals surface area contributed by atoms with Crippen molar-refractivity contribution in [2.24, 2.45) is 0 Å². The number of nitrogens with one attached hydrogen (secondary N) is 2. The van der Waals surface area contributed by atoms with Crippen LogP contribution in [0, 0.1) is 6.92 Å². The topological polar surface area (TPSA) is 80.4 Å². The third kappa shape index (κ3) is 2.52. The highest BCUT2D eigenvalue weighted by atomic mass is 16.2. The Bertz CT molecular complexity index is 1060. The molecule has 1 amide bonds. The Kier molecular flexibility index (Phi) is 4.08. The molecule has 26 heavy (non-hydrogen) atoms. The lowest BCUT2D eigenvalue weighted by atomic mass is 10.1. The Morgan fingerprint density at radius 2 is 2.15 bits per heavy atom. The third-order valence-electron chi connectivity index (χ3n) is 4.92. The Balaban J connectivity index is 1.86. The fourth-order valence-corrected chi connectivity index (χ4v) is 3.58. The molecule has 0 bridgehead atoms. The number of hydrogen-bond donors (Lipinski definition) is 2. The van der Waals surface area contributed by atoms with E-state index in [9.17, 15) is 9.59 Å². The Hall–Kier alpha value is -2.93. The van der Waals surface area contributed by atoms with Gasteiger partial charge in [0, 0.05) is 37.4 Å². The molecule has 7 heteroatoms. The maximum absolute atomic E-state index is 12.9. The lowest BCUT2D eigenvalue weighted by Crippen LogP contribution is -2.36. The summed E-state index contributed by atoms with van der Waals surface area (Å²) in [4.78, 5) is 25.7. The zero-order valence-corrected chi connectivity index (χ0v) is 14.9. The SMILES string of the molecule is CCn1c2c(c(=O)n3ncc(C(=O)Nc4ccccc4C)c13)CNCC2. The standard InChI is InChI=1S/C19H21N5O2/c1-3-23-16-8-9-20-10-13(16)19(26)24-18(23)14(11-21-24)17(25)22-15-7-5-4-6-12(15)2/h4-7,11,20H,3,8-10H2,1-2H3,(H,22,25). The van der Waals surface area contributed by atoms with Crippen LogP contribution in [0.4, 0.5) is 5.69 Å². The molecule has 2 N–H and O–H groups in total. The number of aromatic nitrogens is 3. The number of fused-ring (bicyclic) bond motifs is 2. The average molecular weight is 351 g/mol. The normalized spacial score (nSPS) is 13.6. The van der Waals surface area contributed by atoms with Crippen molar-refractivity contribution >= 4 is 17.2 Å². The summed E-state index contributed by atoms with van der Waals surface area (Å²) in [5, 5.41) is 10.4. The summed E-state index contributed by atoms with van der Waals surface area (Å²) in [5.74, 6) is -0.259. The van der Waals surface area contributed by atoms with Crippen molar-refractivity contribution in [2.75, 3.05) is 11.9 Å². The van der Waals surface area contributed by atoms with Gasteiger partial charge in [-0.1, -0.05) is 18.2 Å². The second kappa shape index (κ2) is 6.42. The molecule has 3 heterocycles. The van der Waals surface area contributed by atoms with Gasteiger partial charge in [-0.25, -0.2) is 0 Å². The molecule has 3 aromatic rings. The number of benzene rings is 1. The second-order valence-corrected chi connectivity index (χ2v) is 6.46. The van der Waals surface area contributed by atoms with Crippen molar-refractivity contribution in [3.8, 4) is 0 Å². The molecular formula is C19H21N5O2. The van der Waals surface area contributed by atoms with E-state index in [1.54, 1.807) is 0 Å². The first-order valence-electron chi connectivity index (χ1n) is 8.81. The number of para-hydroxylation sites is 1. The van der Waals surface area contributed by atoms with E-state index < -0.39 is 0 Å². The minimum atomic E-state index is -0.259. The number of aryl methyl sites for hydroxylation is 2. The number of carbonyl (C=O) groups excluding carboxylic acids is 1. The van der Waals surface area contributed by atoms with Crippen LogP contribution in [-0.4, -0.2) is 26.6 Å². The minimum absolute atomic E-state index is 0.151. The molecule has 0 fully saturated rings. The lowest BCUT2D eigenvalue weighted by Gasteiger charge is -2.22. The van der Waals surface area contributed by atoms with Crippen molar-refractivity contribution in [3.63, 3.8) is 0 Å². The lowest BCUT2D eigenvalue weighted by molar-refractivity contribution is 0.102. The number of amides is 1. The first-order valence-corrected chi connectivity index (χ1v) is 8.81. The predicted octanol–water partition coefficient (Wildman–Crippen LogP) is 1.72. The van der Waals surface area contributed by atoms with Crippen LogP contribution in [0.25, 0.3) is 5.65 Å². The van der Waals surface area contributed by atoms with Gasteiger partial charge in [0.1, 0.15) is 5.56 Å². The zero-order valence-electron chi connectivity index (χ0n) is 14.9. The monoisotopic (exact) mass is 351 g/mol. The van der Waals surface area contributed by atoms with Gasteiger partial charge in [0.2, 0.25) is 0 Å². The van der Waals surface area contributed by atoms with Crippen molar-refractivity contribution in [2.45, 2.75) is 33.4 Å². The molecule has 0 saturated heterocycles. The quantitative estimate of drug-likeness (QED) is 0.753. The first-order chi connectivity index (χ1) is 12.6. The fourth-order valence-electron chi connectivity index (χ4n) is 3.58. The molecule has 4 rings (SSSR count). The van der Waals surface area contributed by atoms with E-state index in [1.165, 1.54) is 10.7 Å². The van der Waals surface area contributed by atoms with E-state index in [-0.39, 0.29) is 11.5 Å². The summed E-state index contributed by atoms with van der Waals surface area (Å²) < 4.78 is 3.39. The molecule has 7 nitrogen and oxygen atoms in total. The molecule has 0 spiro atoms. The van der Waals surface area contributed by atoms with Crippen LogP contribution in [0.3, 0.4) is 0 Å². The minimum Gasteiger partial charge on any atom is -0.329 e. The molecule has 134 valence electrons. The molecular weight excluding hydrogens is 330 g/mol. The number of hydrogen-bond acceptors (Lipinski definition) is 4. The third-order valence-corrected chi connectivity index (χ3v) is 4.92. The Morgan fingerprint density at radius 3 is 2.92 bits per heavy atom. The van der Waals surface area contributed by atoms with Gasteiger partial charge >= 0.3 is 0 Å². The fraction of sp³-hybridized carbons (Fsp3) is 0.316. The van der Waals surface area contributed by atoms with Crippen molar-refractivity contribution in [1.82, 2.24) is 19.5 Å². The molecule has 0 atom stereocenters. The predicted molar refractivity (Wildman–Crippen MR) is 99.7 cm³/mol. The summed E-state index contributed by atoms with van der Waals surface area (Å²) in [5.41, 5.74) is 4.28. The van der Waals surface area contributed by atoms with Crippen molar-refractivity contribution in [3.05, 3.63) is 63.2 Å². The van der Waals surface area contributed by atoms with E-state index in [0.29, 0.717) is 24.3 Å². The number of carbonyl (C=O) groups is 1. The maximum Gasteiger partial charge on any atom is 0.279 e. The van der Waals surface area contributed by atoms with Crippen LogP contribution in [0.15, 0.2) is 35.3 Å².